The van der Waals surface area contributed by atoms with Gasteiger partial charge in [-0.15, -0.1) is 0 Å². The van der Waals surface area contributed by atoms with Crippen LogP contribution in [0.25, 0.3) is 0 Å². The molecular weight excluding hydrogens is 270 g/mol. The zero-order valence-corrected chi connectivity index (χ0v) is 11.6. The van der Waals surface area contributed by atoms with Crippen molar-refractivity contribution in [2.45, 2.75) is 23.7 Å². The first-order chi connectivity index (χ1) is 9.04. The van der Waals surface area contributed by atoms with Gasteiger partial charge in [0.15, 0.2) is 10.8 Å². The minimum Gasteiger partial charge on any atom is -0.347 e. The van der Waals surface area contributed by atoms with Crippen LogP contribution in [0, 0.1) is 0 Å². The predicted octanol–water partition coefficient (Wildman–Crippen LogP) is -0.0523. The van der Waals surface area contributed by atoms with Crippen molar-refractivity contribution in [1.29, 1.82) is 0 Å². The topological polar surface area (TPSA) is 73.7 Å². The lowest BCUT2D eigenvalue weighted by Crippen LogP contribution is -2.47. The van der Waals surface area contributed by atoms with E-state index in [0.717, 1.165) is 0 Å². The van der Waals surface area contributed by atoms with Crippen LogP contribution in [0.2, 0.25) is 0 Å². The molecule has 2 aliphatic rings. The molecule has 2 fully saturated rings. The lowest BCUT2D eigenvalue weighted by atomic mass is 10.1. The number of ether oxygens (including phenoxy) is 2. The molecule has 0 radical (unpaired) electrons. The lowest BCUT2D eigenvalue weighted by molar-refractivity contribution is -0.179. The van der Waals surface area contributed by atoms with Crippen molar-refractivity contribution in [3.63, 3.8) is 0 Å². The van der Waals surface area contributed by atoms with Crippen molar-refractivity contribution >= 4 is 10.0 Å². The SMILES string of the molecule is Cn1nccc1S(=O)(=O)N1CCC2(CC1)OCCO2. The molecule has 7 nitrogen and oxygen atoms in total. The van der Waals surface area contributed by atoms with Crippen molar-refractivity contribution in [2.75, 3.05) is 26.3 Å². The van der Waals surface area contributed by atoms with E-state index in [1.54, 1.807) is 7.05 Å². The third-order valence-electron chi connectivity index (χ3n) is 3.68. The monoisotopic (exact) mass is 287 g/mol. The first-order valence-corrected chi connectivity index (χ1v) is 7.74. The fraction of sp³-hybridized carbons (Fsp3) is 0.727. The summed E-state index contributed by atoms with van der Waals surface area (Å²) in [4.78, 5) is 0. The number of hydrogen-bond donors (Lipinski definition) is 0. The summed E-state index contributed by atoms with van der Waals surface area (Å²) in [6, 6.07) is 1.52. The molecule has 2 aliphatic heterocycles. The van der Waals surface area contributed by atoms with Gasteiger partial charge in [0.05, 0.1) is 19.4 Å². The van der Waals surface area contributed by atoms with Crippen molar-refractivity contribution in [3.05, 3.63) is 12.3 Å². The van der Waals surface area contributed by atoms with Gasteiger partial charge in [-0.3, -0.25) is 4.68 Å². The Kier molecular flexibility index (Phi) is 3.12. The van der Waals surface area contributed by atoms with E-state index < -0.39 is 15.8 Å². The van der Waals surface area contributed by atoms with Crippen molar-refractivity contribution in [3.8, 4) is 0 Å². The van der Waals surface area contributed by atoms with Gasteiger partial charge in [-0.25, -0.2) is 8.42 Å². The Labute approximate surface area is 112 Å². The maximum Gasteiger partial charge on any atom is 0.260 e. The van der Waals surface area contributed by atoms with Gasteiger partial charge in [0.2, 0.25) is 0 Å². The molecule has 0 aromatic carbocycles. The molecule has 0 unspecified atom stereocenters. The average Bonchev–Trinajstić information content (AvgIpc) is 3.00. The molecule has 1 spiro atoms. The van der Waals surface area contributed by atoms with Crippen LogP contribution < -0.4 is 0 Å². The molecular formula is C11H17N3O4S. The number of piperidine rings is 1. The lowest BCUT2D eigenvalue weighted by Gasteiger charge is -2.36. The molecule has 3 rings (SSSR count). The van der Waals surface area contributed by atoms with Gasteiger partial charge < -0.3 is 9.47 Å². The van der Waals surface area contributed by atoms with E-state index in [1.165, 1.54) is 21.3 Å². The maximum absolute atomic E-state index is 12.5. The van der Waals surface area contributed by atoms with Gasteiger partial charge >= 0.3 is 0 Å². The molecule has 19 heavy (non-hydrogen) atoms. The average molecular weight is 287 g/mol. The van der Waals surface area contributed by atoms with Crippen LogP contribution in [0.15, 0.2) is 17.3 Å². The van der Waals surface area contributed by atoms with Gasteiger partial charge in [-0.05, 0) is 6.07 Å². The zero-order chi connectivity index (χ0) is 13.5. The Morgan fingerprint density at radius 3 is 2.42 bits per heavy atom. The highest BCUT2D eigenvalue weighted by molar-refractivity contribution is 7.89. The predicted molar refractivity (Wildman–Crippen MR) is 65.8 cm³/mol. The first kappa shape index (κ1) is 13.0. The van der Waals surface area contributed by atoms with Gasteiger partial charge in [0.25, 0.3) is 10.0 Å². The standard InChI is InChI=1S/C11H17N3O4S/c1-13-10(2-5-12-13)19(15,16)14-6-3-11(4-7-14)17-8-9-18-11/h2,5H,3-4,6-9H2,1H3. The van der Waals surface area contributed by atoms with Crippen LogP contribution in [0.1, 0.15) is 12.8 Å². The number of aromatic nitrogens is 2. The van der Waals surface area contributed by atoms with E-state index in [2.05, 4.69) is 5.10 Å². The number of sulfonamides is 1. The van der Waals surface area contributed by atoms with Crippen LogP contribution in [-0.4, -0.2) is 54.6 Å². The number of nitrogens with zero attached hydrogens (tertiary/aromatic N) is 3. The summed E-state index contributed by atoms with van der Waals surface area (Å²) in [7, 11) is -1.85. The summed E-state index contributed by atoms with van der Waals surface area (Å²) in [5, 5.41) is 4.13. The molecule has 106 valence electrons. The minimum absolute atomic E-state index is 0.219. The van der Waals surface area contributed by atoms with Crippen molar-refractivity contribution < 1.29 is 17.9 Å². The van der Waals surface area contributed by atoms with Gasteiger partial charge in [0.1, 0.15) is 0 Å². The van der Waals surface area contributed by atoms with Gasteiger partial charge in [-0.2, -0.15) is 9.40 Å². The van der Waals surface area contributed by atoms with E-state index in [9.17, 15) is 8.42 Å². The van der Waals surface area contributed by atoms with E-state index in [-0.39, 0.29) is 5.03 Å². The summed E-state index contributed by atoms with van der Waals surface area (Å²) >= 11 is 0. The largest absolute Gasteiger partial charge is 0.347 e. The molecule has 3 heterocycles. The Hall–Kier alpha value is -0.960. The molecule has 0 N–H and O–H groups in total. The molecule has 0 aliphatic carbocycles. The summed E-state index contributed by atoms with van der Waals surface area (Å²) in [6.45, 7) is 2.00. The van der Waals surface area contributed by atoms with Crippen LogP contribution in [0.4, 0.5) is 0 Å². The normalized spacial score (nSPS) is 24.1. The third kappa shape index (κ3) is 2.18. The molecule has 0 saturated carbocycles. The smallest absolute Gasteiger partial charge is 0.260 e. The summed E-state index contributed by atoms with van der Waals surface area (Å²) < 4.78 is 39.0. The van der Waals surface area contributed by atoms with E-state index in [1.807, 2.05) is 0 Å². The Bertz CT molecular complexity index is 552. The Morgan fingerprint density at radius 2 is 1.89 bits per heavy atom. The quantitative estimate of drug-likeness (QED) is 0.762. The Morgan fingerprint density at radius 1 is 1.26 bits per heavy atom. The van der Waals surface area contributed by atoms with Gasteiger partial charge in [-0.1, -0.05) is 0 Å². The highest BCUT2D eigenvalue weighted by Gasteiger charge is 2.43. The highest BCUT2D eigenvalue weighted by Crippen LogP contribution is 2.33. The second-order valence-electron chi connectivity index (χ2n) is 4.80. The molecule has 0 bridgehead atoms. The molecule has 1 aromatic heterocycles. The summed E-state index contributed by atoms with van der Waals surface area (Å²) in [6.07, 6.45) is 2.63. The van der Waals surface area contributed by atoms with Crippen LogP contribution in [0.3, 0.4) is 0 Å². The first-order valence-electron chi connectivity index (χ1n) is 6.30. The third-order valence-corrected chi connectivity index (χ3v) is 5.65. The number of hydrogen-bond acceptors (Lipinski definition) is 5. The Balaban J connectivity index is 1.76. The molecule has 1 aromatic rings. The van der Waals surface area contributed by atoms with E-state index in [0.29, 0.717) is 39.1 Å². The molecule has 8 heteroatoms. The summed E-state index contributed by atoms with van der Waals surface area (Å²) in [5.41, 5.74) is 0. The highest BCUT2D eigenvalue weighted by atomic mass is 32.2. The van der Waals surface area contributed by atoms with Gasteiger partial charge in [0, 0.05) is 33.0 Å². The zero-order valence-electron chi connectivity index (χ0n) is 10.8. The fourth-order valence-electron chi connectivity index (χ4n) is 2.60. The van der Waals surface area contributed by atoms with Crippen LogP contribution >= 0.6 is 0 Å². The van der Waals surface area contributed by atoms with Crippen LogP contribution in [-0.2, 0) is 26.5 Å². The minimum atomic E-state index is -3.47. The second-order valence-corrected chi connectivity index (χ2v) is 6.69. The number of aryl methyl sites for hydroxylation is 1. The molecule has 2 saturated heterocycles. The van der Waals surface area contributed by atoms with E-state index in [4.69, 9.17) is 9.47 Å². The molecule has 0 atom stereocenters. The molecule has 0 amide bonds. The van der Waals surface area contributed by atoms with Crippen molar-refractivity contribution in [2.24, 2.45) is 7.05 Å². The summed E-state index contributed by atoms with van der Waals surface area (Å²) in [5.74, 6) is -0.557. The fourth-order valence-corrected chi connectivity index (χ4v) is 4.14. The second kappa shape index (κ2) is 4.55. The van der Waals surface area contributed by atoms with Crippen molar-refractivity contribution in [1.82, 2.24) is 14.1 Å². The van der Waals surface area contributed by atoms with E-state index >= 15 is 0 Å². The number of rotatable bonds is 2. The van der Waals surface area contributed by atoms with Crippen LogP contribution in [0.5, 0.6) is 0 Å². The maximum atomic E-state index is 12.5.